The van der Waals surface area contributed by atoms with Crippen molar-refractivity contribution >= 4 is 5.91 Å². The highest BCUT2D eigenvalue weighted by Crippen LogP contribution is 2.22. The maximum absolute atomic E-state index is 12.9. The molecule has 0 aliphatic carbocycles. The normalized spacial score (nSPS) is 21.5. The number of ether oxygens (including phenoxy) is 1. The first-order valence-corrected chi connectivity index (χ1v) is 9.16. The molecule has 8 nitrogen and oxygen atoms in total. The van der Waals surface area contributed by atoms with Gasteiger partial charge in [-0.1, -0.05) is 0 Å². The van der Waals surface area contributed by atoms with Gasteiger partial charge in [-0.25, -0.2) is 4.98 Å². The summed E-state index contributed by atoms with van der Waals surface area (Å²) in [6.07, 6.45) is 4.66. The average Bonchev–Trinajstić information content (AvgIpc) is 3.37. The Labute approximate surface area is 152 Å². The van der Waals surface area contributed by atoms with Gasteiger partial charge >= 0.3 is 0 Å². The first-order valence-electron chi connectivity index (χ1n) is 9.16. The first kappa shape index (κ1) is 17.2. The molecular weight excluding hydrogens is 334 g/mol. The summed E-state index contributed by atoms with van der Waals surface area (Å²) in [6, 6.07) is 0. The van der Waals surface area contributed by atoms with Crippen molar-refractivity contribution in [3.63, 3.8) is 0 Å². The van der Waals surface area contributed by atoms with Crippen LogP contribution in [-0.2, 0) is 11.8 Å². The molecule has 2 aliphatic heterocycles. The number of rotatable bonds is 4. The lowest BCUT2D eigenvalue weighted by Crippen LogP contribution is -2.50. The van der Waals surface area contributed by atoms with Crippen LogP contribution < -0.4 is 0 Å². The summed E-state index contributed by atoms with van der Waals surface area (Å²) in [5.41, 5.74) is 1.18. The lowest BCUT2D eigenvalue weighted by atomic mass is 10.1. The maximum atomic E-state index is 12.9. The lowest BCUT2D eigenvalue weighted by Gasteiger charge is -2.35. The summed E-state index contributed by atoms with van der Waals surface area (Å²) in [4.78, 5) is 21.6. The third-order valence-electron chi connectivity index (χ3n) is 5.15. The molecule has 4 heterocycles. The van der Waals surface area contributed by atoms with Crippen LogP contribution in [0.15, 0.2) is 16.8 Å². The Morgan fingerprint density at radius 3 is 2.77 bits per heavy atom. The van der Waals surface area contributed by atoms with Gasteiger partial charge in [0.15, 0.2) is 5.69 Å². The van der Waals surface area contributed by atoms with Crippen molar-refractivity contribution in [3.05, 3.63) is 23.8 Å². The van der Waals surface area contributed by atoms with Crippen LogP contribution in [-0.4, -0.2) is 76.4 Å². The van der Waals surface area contributed by atoms with Gasteiger partial charge in [-0.05, 0) is 19.3 Å². The van der Waals surface area contributed by atoms with Crippen LogP contribution in [0.1, 0.15) is 22.7 Å². The van der Waals surface area contributed by atoms with Gasteiger partial charge in [-0.3, -0.25) is 14.4 Å². The van der Waals surface area contributed by atoms with Gasteiger partial charge in [0.1, 0.15) is 5.76 Å². The number of nitrogens with zero attached hydrogens (tertiary/aromatic N) is 5. The third kappa shape index (κ3) is 3.52. The van der Waals surface area contributed by atoms with Crippen molar-refractivity contribution in [2.45, 2.75) is 13.3 Å². The lowest BCUT2D eigenvalue weighted by molar-refractivity contribution is 0.0604. The van der Waals surface area contributed by atoms with Gasteiger partial charge in [0.05, 0.1) is 18.4 Å². The summed E-state index contributed by atoms with van der Waals surface area (Å²) < 4.78 is 12.8. The van der Waals surface area contributed by atoms with E-state index in [9.17, 15) is 4.79 Å². The number of hydrogen-bond acceptors (Lipinski definition) is 6. The molecule has 2 saturated heterocycles. The van der Waals surface area contributed by atoms with Crippen LogP contribution in [0.2, 0.25) is 0 Å². The number of aromatic nitrogens is 3. The fourth-order valence-electron chi connectivity index (χ4n) is 3.63. The van der Waals surface area contributed by atoms with E-state index in [4.69, 9.17) is 9.15 Å². The van der Waals surface area contributed by atoms with E-state index in [0.717, 1.165) is 57.9 Å². The second-order valence-corrected chi connectivity index (χ2v) is 7.15. The predicted molar refractivity (Wildman–Crippen MR) is 94.7 cm³/mol. The zero-order chi connectivity index (χ0) is 18.1. The molecule has 2 aromatic rings. The zero-order valence-electron chi connectivity index (χ0n) is 15.3. The zero-order valence-corrected chi connectivity index (χ0v) is 15.3. The van der Waals surface area contributed by atoms with E-state index in [1.165, 1.54) is 0 Å². The Morgan fingerprint density at radius 1 is 1.31 bits per heavy atom. The molecule has 2 fully saturated rings. The molecule has 1 amide bonds. The Balaban J connectivity index is 1.38. The number of amides is 1. The van der Waals surface area contributed by atoms with Crippen LogP contribution >= 0.6 is 0 Å². The minimum absolute atomic E-state index is 0.0507. The van der Waals surface area contributed by atoms with Crippen molar-refractivity contribution in [1.29, 1.82) is 0 Å². The largest absolute Gasteiger partial charge is 0.440 e. The number of hydrogen-bond donors (Lipinski definition) is 0. The molecular formula is C18H25N5O3. The quantitative estimate of drug-likeness (QED) is 0.816. The van der Waals surface area contributed by atoms with Crippen LogP contribution in [0.3, 0.4) is 0 Å². The molecule has 0 N–H and O–H groups in total. The van der Waals surface area contributed by atoms with Crippen LogP contribution in [0.25, 0.3) is 11.5 Å². The number of carbonyl (C=O) groups is 1. The number of aryl methyl sites for hydroxylation is 2. The van der Waals surface area contributed by atoms with E-state index in [0.29, 0.717) is 23.3 Å². The smallest absolute Gasteiger partial charge is 0.276 e. The van der Waals surface area contributed by atoms with Gasteiger partial charge in [0, 0.05) is 52.6 Å². The minimum atomic E-state index is -0.0507. The Hall–Kier alpha value is -2.19. The SMILES string of the molecule is Cc1oc(-c2cnn(C)c2)nc1C(=O)N1CCN(CC2CCOC2)CC1. The second kappa shape index (κ2) is 7.20. The van der Waals surface area contributed by atoms with E-state index in [1.807, 2.05) is 18.1 Å². The first-order chi connectivity index (χ1) is 12.6. The summed E-state index contributed by atoms with van der Waals surface area (Å²) in [5.74, 6) is 1.58. The van der Waals surface area contributed by atoms with Crippen molar-refractivity contribution in [3.8, 4) is 11.5 Å². The summed E-state index contributed by atoms with van der Waals surface area (Å²) in [6.45, 7) is 7.85. The second-order valence-electron chi connectivity index (χ2n) is 7.15. The number of piperazine rings is 1. The molecule has 140 valence electrons. The minimum Gasteiger partial charge on any atom is -0.440 e. The average molecular weight is 359 g/mol. The summed E-state index contributed by atoms with van der Waals surface area (Å²) in [5, 5.41) is 4.12. The molecule has 4 rings (SSSR count). The van der Waals surface area contributed by atoms with Crippen LogP contribution in [0.4, 0.5) is 0 Å². The summed E-state index contributed by atoms with van der Waals surface area (Å²) in [7, 11) is 1.84. The highest BCUT2D eigenvalue weighted by Gasteiger charge is 2.28. The predicted octanol–water partition coefficient (Wildman–Crippen LogP) is 1.18. The Bertz CT molecular complexity index is 770. The van der Waals surface area contributed by atoms with E-state index in [1.54, 1.807) is 17.8 Å². The number of carbonyl (C=O) groups excluding carboxylic acids is 1. The molecule has 0 spiro atoms. The fraction of sp³-hybridized carbons (Fsp3) is 0.611. The highest BCUT2D eigenvalue weighted by atomic mass is 16.5. The fourth-order valence-corrected chi connectivity index (χ4v) is 3.63. The summed E-state index contributed by atoms with van der Waals surface area (Å²) >= 11 is 0. The molecule has 0 aromatic carbocycles. The molecule has 1 unspecified atom stereocenters. The van der Waals surface area contributed by atoms with E-state index in [2.05, 4.69) is 15.0 Å². The van der Waals surface area contributed by atoms with Gasteiger partial charge in [-0.2, -0.15) is 5.10 Å². The van der Waals surface area contributed by atoms with Gasteiger partial charge in [-0.15, -0.1) is 0 Å². The molecule has 26 heavy (non-hydrogen) atoms. The van der Waals surface area contributed by atoms with Crippen LogP contribution in [0, 0.1) is 12.8 Å². The van der Waals surface area contributed by atoms with Crippen molar-refractivity contribution in [2.24, 2.45) is 13.0 Å². The van der Waals surface area contributed by atoms with Gasteiger partial charge < -0.3 is 14.1 Å². The highest BCUT2D eigenvalue weighted by molar-refractivity contribution is 5.93. The van der Waals surface area contributed by atoms with E-state index < -0.39 is 0 Å². The van der Waals surface area contributed by atoms with E-state index in [-0.39, 0.29) is 5.91 Å². The molecule has 8 heteroatoms. The number of oxazole rings is 1. The van der Waals surface area contributed by atoms with E-state index >= 15 is 0 Å². The van der Waals surface area contributed by atoms with Gasteiger partial charge in [0.2, 0.25) is 5.89 Å². The van der Waals surface area contributed by atoms with Crippen molar-refractivity contribution < 1.29 is 13.9 Å². The molecule has 2 aromatic heterocycles. The Morgan fingerprint density at radius 2 is 2.12 bits per heavy atom. The monoisotopic (exact) mass is 359 g/mol. The molecule has 0 saturated carbocycles. The maximum Gasteiger partial charge on any atom is 0.276 e. The third-order valence-corrected chi connectivity index (χ3v) is 5.15. The molecule has 0 radical (unpaired) electrons. The molecule has 2 aliphatic rings. The molecule has 0 bridgehead atoms. The standard InChI is InChI=1S/C18H25N5O3/c1-13-16(20-17(26-13)15-9-19-21(2)11-15)18(24)23-6-4-22(5-7-23)10-14-3-8-25-12-14/h9,11,14H,3-8,10,12H2,1-2H3. The topological polar surface area (TPSA) is 76.6 Å². The van der Waals surface area contributed by atoms with Gasteiger partial charge in [0.25, 0.3) is 5.91 Å². The van der Waals surface area contributed by atoms with Crippen molar-refractivity contribution in [2.75, 3.05) is 45.9 Å². The Kier molecular flexibility index (Phi) is 4.78. The van der Waals surface area contributed by atoms with Crippen molar-refractivity contribution in [1.82, 2.24) is 24.6 Å². The van der Waals surface area contributed by atoms with Crippen LogP contribution in [0.5, 0.6) is 0 Å². The molecule has 1 atom stereocenters.